The Kier molecular flexibility index (Phi) is 13.4. The molecular weight excluding hydrogens is 352 g/mol. The van der Waals surface area contributed by atoms with Crippen molar-refractivity contribution in [1.82, 2.24) is 19.9 Å². The van der Waals surface area contributed by atoms with Crippen LogP contribution in [0.3, 0.4) is 0 Å². The number of hydrogen-bond donors (Lipinski definition) is 0. The Labute approximate surface area is 141 Å². The number of aromatic nitrogens is 4. The zero-order chi connectivity index (χ0) is 15.1. The van der Waals surface area contributed by atoms with E-state index in [1.165, 1.54) is 24.8 Å². The first-order chi connectivity index (χ1) is 9.40. The van der Waals surface area contributed by atoms with Gasteiger partial charge in [-0.15, -0.1) is 0 Å². The van der Waals surface area contributed by atoms with Gasteiger partial charge in [-0.25, -0.2) is 0 Å². The zero-order valence-electron chi connectivity index (χ0n) is 12.2. The van der Waals surface area contributed by atoms with E-state index >= 15 is 0 Å². The van der Waals surface area contributed by atoms with Crippen molar-refractivity contribution in [3.8, 4) is 0 Å². The molecule has 0 aliphatic heterocycles. The summed E-state index contributed by atoms with van der Waals surface area (Å²) < 4.78 is 0. The fourth-order valence-corrected chi connectivity index (χ4v) is 0.996. The van der Waals surface area contributed by atoms with E-state index < -0.39 is 11.9 Å². The Morgan fingerprint density at radius 2 is 1.04 bits per heavy atom. The second-order valence-corrected chi connectivity index (χ2v) is 3.66. The van der Waals surface area contributed by atoms with Crippen molar-refractivity contribution < 1.29 is 47.8 Å². The molecule has 0 unspecified atom stereocenters. The molecule has 0 aliphatic rings. The van der Waals surface area contributed by atoms with Crippen LogP contribution in [0.25, 0.3) is 0 Å². The minimum absolute atomic E-state index is 0. The Balaban J connectivity index is -0.000000308. The predicted octanol–water partition coefficient (Wildman–Crippen LogP) is -3.55. The second kappa shape index (κ2) is 12.1. The van der Waals surface area contributed by atoms with Gasteiger partial charge in [0.2, 0.25) is 0 Å². The average Bonchev–Trinajstić information content (AvgIpc) is 2.40. The molecule has 0 saturated heterocycles. The fourth-order valence-electron chi connectivity index (χ4n) is 0.996. The summed E-state index contributed by atoms with van der Waals surface area (Å²) in [5.74, 6) is -2.60. The Morgan fingerprint density at radius 3 is 1.22 bits per heavy atom. The number of carboxylic acid groups (broad SMARTS) is 2. The molecule has 11 heteroatoms. The van der Waals surface area contributed by atoms with Crippen molar-refractivity contribution in [3.63, 3.8) is 0 Å². The monoisotopic (exact) mass is 368 g/mol. The molecule has 0 fully saturated rings. The van der Waals surface area contributed by atoms with Crippen LogP contribution in [-0.4, -0.2) is 31.9 Å². The van der Waals surface area contributed by atoms with E-state index in [1.54, 1.807) is 13.8 Å². The van der Waals surface area contributed by atoms with Crippen LogP contribution < -0.4 is 10.2 Å². The van der Waals surface area contributed by atoms with Crippen molar-refractivity contribution in [1.29, 1.82) is 0 Å². The maximum absolute atomic E-state index is 10.1. The summed E-state index contributed by atoms with van der Waals surface area (Å²) in [5, 5.41) is 20.2. The first kappa shape index (κ1) is 25.5. The van der Waals surface area contributed by atoms with Gasteiger partial charge in [-0.05, 0) is 13.8 Å². The van der Waals surface area contributed by atoms with Crippen LogP contribution in [0.5, 0.6) is 0 Å². The van der Waals surface area contributed by atoms with Gasteiger partial charge in [0.15, 0.2) is 0 Å². The van der Waals surface area contributed by atoms with Crippen LogP contribution in [0.2, 0.25) is 0 Å². The van der Waals surface area contributed by atoms with Gasteiger partial charge in [-0.1, -0.05) is 0 Å². The first-order valence-electron chi connectivity index (χ1n) is 5.40. The molecule has 2 heterocycles. The third kappa shape index (κ3) is 9.22. The van der Waals surface area contributed by atoms with Gasteiger partial charge >= 0.3 is 17.1 Å². The van der Waals surface area contributed by atoms with Crippen LogP contribution in [0.4, 0.5) is 0 Å². The summed E-state index contributed by atoms with van der Waals surface area (Å²) in [6, 6.07) is 0. The summed E-state index contributed by atoms with van der Waals surface area (Å²) in [5.41, 5.74) is 1.10. The number of carboxylic acids is 2. The van der Waals surface area contributed by atoms with Crippen molar-refractivity contribution in [3.05, 3.63) is 47.6 Å². The fraction of sp³-hybridized carbons (Fsp3) is 0.167. The molecule has 126 valence electrons. The topological polar surface area (TPSA) is 198 Å². The largest absolute Gasteiger partial charge is 2.00 e. The molecule has 10 nitrogen and oxygen atoms in total. The summed E-state index contributed by atoms with van der Waals surface area (Å²) in [7, 11) is 0. The number of aromatic carboxylic acids is 2. The molecule has 0 aromatic carbocycles. The Hall–Kier alpha value is -2.46. The molecule has 2 aromatic rings. The van der Waals surface area contributed by atoms with E-state index in [2.05, 4.69) is 19.9 Å². The van der Waals surface area contributed by atoms with Crippen LogP contribution in [-0.2, 0) is 28.0 Å². The maximum atomic E-state index is 10.1. The smallest absolute Gasteiger partial charge is 0.543 e. The number of carbonyl (C=O) groups is 2. The van der Waals surface area contributed by atoms with Gasteiger partial charge in [0.25, 0.3) is 0 Å². The third-order valence-corrected chi connectivity index (χ3v) is 1.98. The molecule has 6 N–H and O–H groups in total. The normalized spacial score (nSPS) is 8.09. The molecule has 2 rings (SSSR count). The van der Waals surface area contributed by atoms with Gasteiger partial charge < -0.3 is 30.8 Å². The molecule has 0 radical (unpaired) electrons. The van der Waals surface area contributed by atoms with Crippen molar-refractivity contribution in [2.45, 2.75) is 13.8 Å². The molecular formula is C12H16FeN4O6+2. The van der Waals surface area contributed by atoms with E-state index in [4.69, 9.17) is 0 Å². The summed E-state index contributed by atoms with van der Waals surface area (Å²) in [6.45, 7) is 3.46. The van der Waals surface area contributed by atoms with E-state index in [1.807, 2.05) is 0 Å². The first-order valence-corrected chi connectivity index (χ1v) is 5.40. The minimum atomic E-state index is -1.30. The molecule has 0 atom stereocenters. The number of carbonyl (C=O) groups excluding carboxylic acids is 2. The minimum Gasteiger partial charge on any atom is -0.543 e. The van der Waals surface area contributed by atoms with Crippen molar-refractivity contribution in [2.75, 3.05) is 0 Å². The standard InChI is InChI=1S/2C6H6N2O2.Fe.2H2O/c2*1-4-2-8-5(3-7-4)6(9)10;;;/h2*2-3H,1H3,(H,9,10);;2*1H2/q;;+2;;. The van der Waals surface area contributed by atoms with Crippen molar-refractivity contribution in [2.24, 2.45) is 0 Å². The summed E-state index contributed by atoms with van der Waals surface area (Å²) >= 11 is 0. The summed E-state index contributed by atoms with van der Waals surface area (Å²) in [4.78, 5) is 34.7. The number of hydrogen-bond acceptors (Lipinski definition) is 8. The third-order valence-electron chi connectivity index (χ3n) is 1.98. The zero-order valence-corrected chi connectivity index (χ0v) is 13.3. The molecule has 0 aliphatic carbocycles. The van der Waals surface area contributed by atoms with E-state index in [9.17, 15) is 19.8 Å². The molecule has 0 saturated carbocycles. The molecule has 0 amide bonds. The van der Waals surface area contributed by atoms with Crippen LogP contribution in [0, 0.1) is 13.8 Å². The molecule has 2 aromatic heterocycles. The quantitative estimate of drug-likeness (QED) is 0.383. The molecule has 23 heavy (non-hydrogen) atoms. The van der Waals surface area contributed by atoms with Gasteiger partial charge in [-0.3, -0.25) is 19.9 Å². The predicted molar refractivity (Wildman–Crippen MR) is 71.9 cm³/mol. The van der Waals surface area contributed by atoms with E-state index in [0.717, 1.165) is 0 Å². The maximum Gasteiger partial charge on any atom is 2.00 e. The number of nitrogens with zero attached hydrogens (tertiary/aromatic N) is 4. The van der Waals surface area contributed by atoms with Gasteiger partial charge in [-0.2, -0.15) is 0 Å². The second-order valence-electron chi connectivity index (χ2n) is 3.66. The molecule has 0 bridgehead atoms. The SMILES string of the molecule is Cc1cnc(C(=O)[O-])cn1.Cc1cnc(C(=O)[O-])cn1.[Fe+2].[OH3+].[OH3+]. The van der Waals surface area contributed by atoms with Crippen LogP contribution in [0.1, 0.15) is 32.4 Å². The van der Waals surface area contributed by atoms with Crippen molar-refractivity contribution >= 4 is 11.9 Å². The van der Waals surface area contributed by atoms with Gasteiger partial charge in [0.1, 0.15) is 11.4 Å². The number of aryl methyl sites for hydroxylation is 2. The number of rotatable bonds is 2. The molecule has 0 spiro atoms. The van der Waals surface area contributed by atoms with Crippen LogP contribution in [0.15, 0.2) is 24.8 Å². The van der Waals surface area contributed by atoms with E-state index in [-0.39, 0.29) is 39.4 Å². The van der Waals surface area contributed by atoms with Crippen LogP contribution >= 0.6 is 0 Å². The Morgan fingerprint density at radius 1 is 0.739 bits per heavy atom. The Bertz CT molecular complexity index is 550. The van der Waals surface area contributed by atoms with E-state index in [0.29, 0.717) is 11.4 Å². The van der Waals surface area contributed by atoms with Gasteiger partial charge in [0, 0.05) is 12.4 Å². The summed E-state index contributed by atoms with van der Waals surface area (Å²) in [6.07, 6.45) is 5.10. The average molecular weight is 368 g/mol. The van der Waals surface area contributed by atoms with Gasteiger partial charge in [0.05, 0.1) is 35.7 Å².